The maximum Gasteiger partial charge on any atom is 0.227 e. The third-order valence-corrected chi connectivity index (χ3v) is 8.36. The van der Waals surface area contributed by atoms with Crippen LogP contribution in [0.15, 0.2) is 36.5 Å². The van der Waals surface area contributed by atoms with Crippen molar-refractivity contribution in [2.24, 2.45) is 5.92 Å². The first-order valence-corrected chi connectivity index (χ1v) is 16.7. The standard InChI is InChI=1S/C33H43ClN6O10/c1-2-8-45-9-10-46-11-12-47-13-14-48-15-16-49-21-25(22-6-4-3-5-7-22)36-31(44)23-18-39(19-23)29-24-17-35-40(30(24)38-33(34)37-29)32-28(43)27(42)26(20-41)50-32/h1,3-7,17,23,25-28,32,41-43H,8-16,18-21H2,(H,36,44)/t25-,26+,27+,28+,32+/m0/s1. The lowest BCUT2D eigenvalue weighted by Crippen LogP contribution is -2.54. The molecule has 5 rings (SSSR count). The maximum absolute atomic E-state index is 13.4. The molecule has 0 bridgehead atoms. The number of hydrogen-bond acceptors (Lipinski definition) is 14. The highest BCUT2D eigenvalue weighted by Crippen LogP contribution is 2.35. The normalized spacial score (nSPS) is 21.3. The average molecular weight is 719 g/mol. The number of fused-ring (bicyclic) bond motifs is 1. The van der Waals surface area contributed by atoms with Crippen molar-refractivity contribution in [3.63, 3.8) is 0 Å². The van der Waals surface area contributed by atoms with Crippen LogP contribution < -0.4 is 10.2 Å². The van der Waals surface area contributed by atoms with E-state index in [-0.39, 0.29) is 42.0 Å². The van der Waals surface area contributed by atoms with Crippen LogP contribution >= 0.6 is 11.6 Å². The third-order valence-electron chi connectivity index (χ3n) is 8.19. The Balaban J connectivity index is 1.06. The molecule has 1 amide bonds. The summed E-state index contributed by atoms with van der Waals surface area (Å²) in [5.74, 6) is 2.42. The minimum atomic E-state index is -1.34. The number of ether oxygens (including phenoxy) is 6. The molecule has 17 heteroatoms. The van der Waals surface area contributed by atoms with Gasteiger partial charge in [0, 0.05) is 13.1 Å². The first kappa shape index (κ1) is 37.8. The Labute approximate surface area is 294 Å². The van der Waals surface area contributed by atoms with Crippen LogP contribution in [-0.2, 0) is 33.2 Å². The number of aromatic nitrogens is 4. The van der Waals surface area contributed by atoms with Gasteiger partial charge in [-0.25, -0.2) is 4.68 Å². The second-order valence-electron chi connectivity index (χ2n) is 11.6. The van der Waals surface area contributed by atoms with Crippen molar-refractivity contribution in [3.8, 4) is 12.3 Å². The van der Waals surface area contributed by atoms with Gasteiger partial charge in [-0.05, 0) is 17.2 Å². The smallest absolute Gasteiger partial charge is 0.227 e. The van der Waals surface area contributed by atoms with Crippen LogP contribution in [0.5, 0.6) is 0 Å². The lowest BCUT2D eigenvalue weighted by atomic mass is 9.97. The van der Waals surface area contributed by atoms with Crippen molar-refractivity contribution in [2.75, 3.05) is 90.7 Å². The molecule has 2 aliphatic rings. The van der Waals surface area contributed by atoms with E-state index in [1.54, 1.807) is 0 Å². The van der Waals surface area contributed by atoms with Crippen LogP contribution in [0.1, 0.15) is 17.8 Å². The van der Waals surface area contributed by atoms with Crippen molar-refractivity contribution in [2.45, 2.75) is 30.6 Å². The molecule has 5 atom stereocenters. The van der Waals surface area contributed by atoms with Gasteiger partial charge in [0.15, 0.2) is 11.9 Å². The molecular formula is C33H43ClN6O10. The number of aliphatic hydroxyl groups is 3. The fourth-order valence-electron chi connectivity index (χ4n) is 5.52. The number of rotatable bonds is 21. The quantitative estimate of drug-likeness (QED) is 0.0659. The number of carbonyl (C=O) groups excluding carboxylic acids is 1. The first-order chi connectivity index (χ1) is 24.4. The summed E-state index contributed by atoms with van der Waals surface area (Å²) in [5.41, 5.74) is 1.20. The summed E-state index contributed by atoms with van der Waals surface area (Å²) in [6.45, 7) is 4.20. The minimum absolute atomic E-state index is 0.0595. The number of carbonyl (C=O) groups is 1. The van der Waals surface area contributed by atoms with Gasteiger partial charge < -0.3 is 54.0 Å². The lowest BCUT2D eigenvalue weighted by Gasteiger charge is -2.40. The highest BCUT2D eigenvalue weighted by molar-refractivity contribution is 6.28. The molecule has 0 unspecified atom stereocenters. The van der Waals surface area contributed by atoms with Gasteiger partial charge in [-0.3, -0.25) is 4.79 Å². The molecule has 16 nitrogen and oxygen atoms in total. The summed E-state index contributed by atoms with van der Waals surface area (Å²) >= 11 is 6.27. The maximum atomic E-state index is 13.4. The van der Waals surface area contributed by atoms with Gasteiger partial charge in [0.05, 0.1) is 89.6 Å². The molecular weight excluding hydrogens is 676 g/mol. The first-order valence-electron chi connectivity index (χ1n) is 16.4. The number of terminal acetylenes is 1. The van der Waals surface area contributed by atoms with E-state index in [1.165, 1.54) is 10.9 Å². The van der Waals surface area contributed by atoms with Crippen LogP contribution in [0.25, 0.3) is 11.0 Å². The molecule has 4 N–H and O–H groups in total. The predicted molar refractivity (Wildman–Crippen MR) is 179 cm³/mol. The van der Waals surface area contributed by atoms with Gasteiger partial charge in [-0.2, -0.15) is 15.1 Å². The van der Waals surface area contributed by atoms with Crippen LogP contribution in [0.2, 0.25) is 5.28 Å². The molecule has 50 heavy (non-hydrogen) atoms. The molecule has 272 valence electrons. The number of anilines is 1. The topological polar surface area (TPSA) is 192 Å². The number of aliphatic hydroxyl groups excluding tert-OH is 3. The highest BCUT2D eigenvalue weighted by Gasteiger charge is 2.45. The van der Waals surface area contributed by atoms with Crippen molar-refractivity contribution in [1.82, 2.24) is 25.1 Å². The van der Waals surface area contributed by atoms with E-state index < -0.39 is 31.1 Å². The number of amides is 1. The van der Waals surface area contributed by atoms with Gasteiger partial charge in [-0.15, -0.1) is 6.42 Å². The van der Waals surface area contributed by atoms with Crippen LogP contribution in [0, 0.1) is 18.3 Å². The fourth-order valence-corrected chi connectivity index (χ4v) is 5.68. The zero-order valence-corrected chi connectivity index (χ0v) is 28.3. The Morgan fingerprint density at radius 1 is 0.980 bits per heavy atom. The summed E-state index contributed by atoms with van der Waals surface area (Å²) in [5, 5.41) is 38.1. The summed E-state index contributed by atoms with van der Waals surface area (Å²) in [7, 11) is 0. The van der Waals surface area contributed by atoms with E-state index in [1.807, 2.05) is 35.2 Å². The van der Waals surface area contributed by atoms with Crippen LogP contribution in [0.3, 0.4) is 0 Å². The van der Waals surface area contributed by atoms with Crippen molar-refractivity contribution in [3.05, 3.63) is 47.4 Å². The molecule has 2 fully saturated rings. The molecule has 0 radical (unpaired) electrons. The van der Waals surface area contributed by atoms with Gasteiger partial charge in [-0.1, -0.05) is 36.3 Å². The summed E-state index contributed by atoms with van der Waals surface area (Å²) < 4.78 is 34.4. The monoisotopic (exact) mass is 718 g/mol. The molecule has 2 aliphatic heterocycles. The number of nitrogens with zero attached hydrogens (tertiary/aromatic N) is 5. The van der Waals surface area contributed by atoms with E-state index in [0.29, 0.717) is 77.1 Å². The van der Waals surface area contributed by atoms with E-state index in [9.17, 15) is 20.1 Å². The zero-order valence-electron chi connectivity index (χ0n) is 27.5. The number of benzene rings is 1. The molecule has 3 aromatic rings. The second-order valence-corrected chi connectivity index (χ2v) is 12.0. The van der Waals surface area contributed by atoms with E-state index in [4.69, 9.17) is 46.4 Å². The van der Waals surface area contributed by atoms with Gasteiger partial charge >= 0.3 is 0 Å². The van der Waals surface area contributed by atoms with Gasteiger partial charge in [0.1, 0.15) is 30.7 Å². The Morgan fingerprint density at radius 3 is 2.24 bits per heavy atom. The van der Waals surface area contributed by atoms with Gasteiger partial charge in [0.2, 0.25) is 11.2 Å². The van der Waals surface area contributed by atoms with Crippen molar-refractivity contribution >= 4 is 34.4 Å². The largest absolute Gasteiger partial charge is 0.394 e. The highest BCUT2D eigenvalue weighted by atomic mass is 35.5. The zero-order chi connectivity index (χ0) is 35.3. The molecule has 2 saturated heterocycles. The average Bonchev–Trinajstić information content (AvgIpc) is 3.64. The Hall–Kier alpha value is -3.47. The molecule has 0 spiro atoms. The lowest BCUT2D eigenvalue weighted by molar-refractivity contribution is -0.127. The summed E-state index contributed by atoms with van der Waals surface area (Å²) in [6, 6.07) is 9.23. The summed E-state index contributed by atoms with van der Waals surface area (Å²) in [6.07, 6.45) is 1.93. The number of nitrogens with one attached hydrogen (secondary N) is 1. The molecule has 1 aromatic carbocycles. The predicted octanol–water partition coefficient (Wildman–Crippen LogP) is 0.101. The SMILES string of the molecule is C#CCOCCOCCOCCOCCOC[C@H](NC(=O)C1CN(c2nc(Cl)nc3c2cnn3[C@@H]2O[C@H](CO)[C@@H](O)[C@H]2O)C1)c1ccccc1. The minimum Gasteiger partial charge on any atom is -0.394 e. The van der Waals surface area contributed by atoms with E-state index in [0.717, 1.165) is 5.56 Å². The van der Waals surface area contributed by atoms with Crippen LogP contribution in [0.4, 0.5) is 5.82 Å². The number of halogens is 1. The molecule has 0 saturated carbocycles. The third kappa shape index (κ3) is 9.86. The Bertz CT molecular complexity index is 1540. The van der Waals surface area contributed by atoms with E-state index >= 15 is 0 Å². The second kappa shape index (κ2) is 19.2. The van der Waals surface area contributed by atoms with Gasteiger partial charge in [0.25, 0.3) is 0 Å². The van der Waals surface area contributed by atoms with Crippen LogP contribution in [-0.4, -0.2) is 145 Å². The molecule has 4 heterocycles. The Kier molecular flexibility index (Phi) is 14.5. The number of hydrogen-bond donors (Lipinski definition) is 4. The van der Waals surface area contributed by atoms with E-state index in [2.05, 4.69) is 26.3 Å². The van der Waals surface area contributed by atoms with Crippen molar-refractivity contribution in [1.29, 1.82) is 0 Å². The summed E-state index contributed by atoms with van der Waals surface area (Å²) in [4.78, 5) is 23.9. The Morgan fingerprint density at radius 2 is 1.62 bits per heavy atom. The molecule has 0 aliphatic carbocycles. The van der Waals surface area contributed by atoms with Crippen molar-refractivity contribution < 1.29 is 48.5 Å². The molecule has 2 aromatic heterocycles. The fraction of sp³-hybridized carbons (Fsp3) is 0.576.